The average Bonchev–Trinajstić information content (AvgIpc) is 3.07. The number of amides is 3. The van der Waals surface area contributed by atoms with E-state index in [-0.39, 0.29) is 17.8 Å². The molecule has 1 aliphatic heterocycles. The van der Waals surface area contributed by atoms with Crippen LogP contribution in [0.4, 0.5) is 5.69 Å². The maximum Gasteiger partial charge on any atom is 0.338 e. The Morgan fingerprint density at radius 3 is 2.19 bits per heavy atom. The highest BCUT2D eigenvalue weighted by Crippen LogP contribution is 2.28. The number of nitrogens with zero attached hydrogens (tertiary/aromatic N) is 1. The van der Waals surface area contributed by atoms with Gasteiger partial charge < -0.3 is 10.1 Å². The molecule has 0 aromatic heterocycles. The number of carbonyl (C=O) groups is 4. The second-order valence-electron chi connectivity index (χ2n) is 7.02. The molecule has 1 heterocycles. The smallest absolute Gasteiger partial charge is 0.338 e. The Bertz CT molecular complexity index is 1190. The van der Waals surface area contributed by atoms with E-state index in [1.807, 2.05) is 0 Å². The number of fused-ring (bicyclic) bond motifs is 1. The number of rotatable bonds is 6. The molecule has 32 heavy (non-hydrogen) atoms. The van der Waals surface area contributed by atoms with Crippen molar-refractivity contribution in [2.45, 2.75) is 6.54 Å². The first-order chi connectivity index (χ1) is 15.4. The van der Waals surface area contributed by atoms with E-state index in [1.165, 1.54) is 18.2 Å². The molecule has 8 heteroatoms. The van der Waals surface area contributed by atoms with Gasteiger partial charge in [-0.1, -0.05) is 41.9 Å². The number of benzene rings is 3. The molecule has 0 saturated heterocycles. The highest BCUT2D eigenvalue weighted by atomic mass is 35.5. The van der Waals surface area contributed by atoms with E-state index in [4.69, 9.17) is 16.3 Å². The molecule has 0 aliphatic carbocycles. The van der Waals surface area contributed by atoms with E-state index in [9.17, 15) is 19.2 Å². The van der Waals surface area contributed by atoms with Gasteiger partial charge >= 0.3 is 5.97 Å². The Morgan fingerprint density at radius 2 is 1.53 bits per heavy atom. The fraction of sp³-hybridized carbons (Fsp3) is 0.0833. The quantitative estimate of drug-likeness (QED) is 0.459. The first kappa shape index (κ1) is 21.3. The molecule has 7 nitrogen and oxygen atoms in total. The molecule has 0 unspecified atom stereocenters. The summed E-state index contributed by atoms with van der Waals surface area (Å²) < 4.78 is 5.07. The second kappa shape index (κ2) is 9.03. The van der Waals surface area contributed by atoms with Gasteiger partial charge in [0.25, 0.3) is 17.7 Å². The third-order valence-electron chi connectivity index (χ3n) is 4.87. The van der Waals surface area contributed by atoms with Crippen LogP contribution >= 0.6 is 11.6 Å². The first-order valence-corrected chi connectivity index (χ1v) is 10.1. The molecule has 0 fully saturated rings. The van der Waals surface area contributed by atoms with Gasteiger partial charge in [0.05, 0.1) is 22.4 Å². The number of hydrogen-bond acceptors (Lipinski definition) is 5. The van der Waals surface area contributed by atoms with Gasteiger partial charge in [-0.15, -0.1) is 0 Å². The first-order valence-electron chi connectivity index (χ1n) is 9.70. The molecule has 0 bridgehead atoms. The van der Waals surface area contributed by atoms with Crippen molar-refractivity contribution in [1.82, 2.24) is 5.32 Å². The van der Waals surface area contributed by atoms with Crippen molar-refractivity contribution in [2.24, 2.45) is 0 Å². The number of ether oxygens (including phenoxy) is 1. The Morgan fingerprint density at radius 1 is 0.875 bits per heavy atom. The van der Waals surface area contributed by atoms with E-state index >= 15 is 0 Å². The largest absolute Gasteiger partial charge is 0.452 e. The van der Waals surface area contributed by atoms with E-state index in [0.717, 1.165) is 10.5 Å². The normalized spacial score (nSPS) is 12.5. The van der Waals surface area contributed by atoms with Crippen molar-refractivity contribution >= 4 is 41.0 Å². The highest BCUT2D eigenvalue weighted by molar-refractivity contribution is 6.34. The summed E-state index contributed by atoms with van der Waals surface area (Å²) in [6.45, 7) is -0.202. The summed E-state index contributed by atoms with van der Waals surface area (Å²) in [6.07, 6.45) is 0. The van der Waals surface area contributed by atoms with Crippen LogP contribution in [0.5, 0.6) is 0 Å². The zero-order valence-electron chi connectivity index (χ0n) is 16.7. The second-order valence-corrected chi connectivity index (χ2v) is 7.46. The monoisotopic (exact) mass is 448 g/mol. The van der Waals surface area contributed by atoms with Crippen LogP contribution in [0, 0.1) is 0 Å². The maximum absolute atomic E-state index is 12.6. The van der Waals surface area contributed by atoms with Crippen LogP contribution in [-0.2, 0) is 16.1 Å². The Balaban J connectivity index is 1.37. The van der Waals surface area contributed by atoms with Crippen LogP contribution in [0.1, 0.15) is 36.6 Å². The van der Waals surface area contributed by atoms with Gasteiger partial charge in [-0.05, 0) is 48.0 Å². The molecule has 0 saturated carbocycles. The fourth-order valence-corrected chi connectivity index (χ4v) is 3.39. The summed E-state index contributed by atoms with van der Waals surface area (Å²) >= 11 is 5.82. The van der Waals surface area contributed by atoms with E-state index in [1.54, 1.807) is 54.6 Å². The van der Waals surface area contributed by atoms with Crippen LogP contribution in [0.3, 0.4) is 0 Å². The standard InChI is InChI=1S/C24H17ClN2O5/c25-17-10-8-15(9-11-17)13-26-21(28)14-32-24(31)16-4-3-5-18(12-16)27-22(29)19-6-1-2-7-20(19)23(27)30/h1-12H,13-14H2,(H,26,28). The van der Waals surface area contributed by atoms with Crippen molar-refractivity contribution in [1.29, 1.82) is 0 Å². The fourth-order valence-electron chi connectivity index (χ4n) is 3.26. The average molecular weight is 449 g/mol. The van der Waals surface area contributed by atoms with Crippen LogP contribution in [-0.4, -0.2) is 30.3 Å². The number of halogens is 1. The molecular weight excluding hydrogens is 432 g/mol. The van der Waals surface area contributed by atoms with Gasteiger partial charge in [0.15, 0.2) is 6.61 Å². The van der Waals surface area contributed by atoms with Gasteiger partial charge in [0.2, 0.25) is 0 Å². The molecule has 3 aromatic carbocycles. The summed E-state index contributed by atoms with van der Waals surface area (Å²) in [7, 11) is 0. The minimum atomic E-state index is -0.745. The summed E-state index contributed by atoms with van der Waals surface area (Å²) in [4.78, 5) is 50.7. The van der Waals surface area contributed by atoms with Crippen LogP contribution in [0.2, 0.25) is 5.02 Å². The van der Waals surface area contributed by atoms with Crippen molar-refractivity contribution in [2.75, 3.05) is 11.5 Å². The predicted molar refractivity (Wildman–Crippen MR) is 118 cm³/mol. The van der Waals surface area contributed by atoms with Crippen LogP contribution in [0.15, 0.2) is 72.8 Å². The molecule has 0 atom stereocenters. The lowest BCUT2D eigenvalue weighted by atomic mass is 10.1. The number of hydrogen-bond donors (Lipinski definition) is 1. The van der Waals surface area contributed by atoms with E-state index in [2.05, 4.69) is 5.32 Å². The maximum atomic E-state index is 12.6. The summed E-state index contributed by atoms with van der Waals surface area (Å²) in [5, 5.41) is 3.24. The van der Waals surface area contributed by atoms with Gasteiger partial charge in [-0.25, -0.2) is 9.69 Å². The van der Waals surface area contributed by atoms with E-state index in [0.29, 0.717) is 16.1 Å². The number of imide groups is 1. The van der Waals surface area contributed by atoms with E-state index < -0.39 is 30.3 Å². The topological polar surface area (TPSA) is 92.8 Å². The molecule has 0 spiro atoms. The predicted octanol–water partition coefficient (Wildman–Crippen LogP) is 3.61. The van der Waals surface area contributed by atoms with Crippen LogP contribution < -0.4 is 10.2 Å². The van der Waals surface area contributed by atoms with Gasteiger partial charge in [0, 0.05) is 11.6 Å². The summed E-state index contributed by atoms with van der Waals surface area (Å²) in [5.41, 5.74) is 1.83. The third-order valence-corrected chi connectivity index (χ3v) is 5.12. The highest BCUT2D eigenvalue weighted by Gasteiger charge is 2.36. The number of carbonyl (C=O) groups excluding carboxylic acids is 4. The van der Waals surface area contributed by atoms with Gasteiger partial charge in [-0.2, -0.15) is 0 Å². The lowest BCUT2D eigenvalue weighted by Gasteiger charge is -2.14. The SMILES string of the molecule is O=C(COC(=O)c1cccc(N2C(=O)c3ccccc3C2=O)c1)NCc1ccc(Cl)cc1. The number of anilines is 1. The van der Waals surface area contributed by atoms with Crippen molar-refractivity contribution in [3.05, 3.63) is 100 Å². The molecular formula is C24H17ClN2O5. The zero-order chi connectivity index (χ0) is 22.7. The van der Waals surface area contributed by atoms with Crippen molar-refractivity contribution in [3.8, 4) is 0 Å². The number of esters is 1. The molecule has 3 aromatic rings. The molecule has 1 aliphatic rings. The molecule has 1 N–H and O–H groups in total. The van der Waals surface area contributed by atoms with Gasteiger partial charge in [-0.3, -0.25) is 14.4 Å². The Labute approximate surface area is 188 Å². The lowest BCUT2D eigenvalue weighted by molar-refractivity contribution is -0.124. The zero-order valence-corrected chi connectivity index (χ0v) is 17.5. The molecule has 0 radical (unpaired) electrons. The molecule has 4 rings (SSSR count). The molecule has 160 valence electrons. The van der Waals surface area contributed by atoms with Crippen LogP contribution in [0.25, 0.3) is 0 Å². The molecule has 3 amide bonds. The van der Waals surface area contributed by atoms with Crippen molar-refractivity contribution in [3.63, 3.8) is 0 Å². The summed E-state index contributed by atoms with van der Waals surface area (Å²) in [5.74, 6) is -2.13. The minimum Gasteiger partial charge on any atom is -0.452 e. The third kappa shape index (κ3) is 4.38. The summed E-state index contributed by atoms with van der Waals surface area (Å²) in [6, 6.07) is 19.5. The van der Waals surface area contributed by atoms with Gasteiger partial charge in [0.1, 0.15) is 0 Å². The number of nitrogens with one attached hydrogen (secondary N) is 1. The Kier molecular flexibility index (Phi) is 6.00. The Hall–Kier alpha value is -3.97. The van der Waals surface area contributed by atoms with Crippen molar-refractivity contribution < 1.29 is 23.9 Å². The lowest BCUT2D eigenvalue weighted by Crippen LogP contribution is -2.30. The minimum absolute atomic E-state index is 0.115.